The van der Waals surface area contributed by atoms with Crippen LogP contribution in [-0.2, 0) is 11.3 Å². The molecule has 2 aromatic carbocycles. The molecule has 0 heterocycles. The lowest BCUT2D eigenvalue weighted by atomic mass is 10.1. The minimum atomic E-state index is -1.39. The smallest absolute Gasteiger partial charge is 0.341 e. The molecule has 10 heteroatoms. The van der Waals surface area contributed by atoms with Gasteiger partial charge in [0.05, 0.1) is 11.1 Å². The molecule has 0 bridgehead atoms. The van der Waals surface area contributed by atoms with E-state index in [2.05, 4.69) is 0 Å². The van der Waals surface area contributed by atoms with E-state index in [9.17, 15) is 24.1 Å². The molecule has 138 valence electrons. The van der Waals surface area contributed by atoms with E-state index < -0.39 is 52.8 Å². The molecule has 0 atom stereocenters. The molecule has 2 aromatic rings. The van der Waals surface area contributed by atoms with Crippen LogP contribution in [0.3, 0.4) is 0 Å². The van der Waals surface area contributed by atoms with Crippen molar-refractivity contribution in [1.29, 1.82) is 5.26 Å². The van der Waals surface area contributed by atoms with Gasteiger partial charge in [0, 0.05) is 6.07 Å². The fraction of sp³-hybridized carbons (Fsp3) is 0.118. The Morgan fingerprint density at radius 2 is 1.96 bits per heavy atom. The van der Waals surface area contributed by atoms with Crippen molar-refractivity contribution in [3.05, 3.63) is 75.1 Å². The van der Waals surface area contributed by atoms with Gasteiger partial charge in [-0.3, -0.25) is 4.79 Å². The molecule has 1 amide bonds. The van der Waals surface area contributed by atoms with E-state index in [1.165, 1.54) is 6.07 Å². The first-order valence-corrected chi connectivity index (χ1v) is 7.41. The molecule has 0 aliphatic rings. The van der Waals surface area contributed by atoms with Crippen LogP contribution in [-0.4, -0.2) is 33.6 Å². The van der Waals surface area contributed by atoms with Crippen molar-refractivity contribution in [2.24, 2.45) is 0 Å². The fourth-order valence-electron chi connectivity index (χ4n) is 2.17. The number of rotatable bonds is 7. The van der Waals surface area contributed by atoms with Gasteiger partial charge >= 0.3 is 11.9 Å². The third-order valence-corrected chi connectivity index (χ3v) is 3.38. The molecular formula is C17H12FN3O6. The number of carboxylic acids is 1. The van der Waals surface area contributed by atoms with E-state index in [1.54, 1.807) is 30.3 Å². The predicted octanol–water partition coefficient (Wildman–Crippen LogP) is 1.99. The van der Waals surface area contributed by atoms with Crippen molar-refractivity contribution in [1.82, 2.24) is 5.01 Å². The topological polar surface area (TPSA) is 134 Å². The lowest BCUT2D eigenvalue weighted by Gasteiger charge is -2.15. The second kappa shape index (κ2) is 8.39. The maximum Gasteiger partial charge on any atom is 0.341 e. The summed E-state index contributed by atoms with van der Waals surface area (Å²) >= 11 is 0. The van der Waals surface area contributed by atoms with Gasteiger partial charge in [-0.05, 0) is 11.6 Å². The van der Waals surface area contributed by atoms with E-state index in [1.807, 2.05) is 0 Å². The van der Waals surface area contributed by atoms with Crippen molar-refractivity contribution in [2.75, 3.05) is 6.61 Å². The minimum absolute atomic E-state index is 0.261. The van der Waals surface area contributed by atoms with Gasteiger partial charge in [-0.25, -0.2) is 19.3 Å². The Morgan fingerprint density at radius 3 is 2.52 bits per heavy atom. The molecule has 9 nitrogen and oxygen atoms in total. The Labute approximate surface area is 151 Å². The first-order chi connectivity index (χ1) is 12.8. The number of carbonyl (C=O) groups excluding carboxylic acids is 1. The summed E-state index contributed by atoms with van der Waals surface area (Å²) in [5, 5.41) is 28.3. The summed E-state index contributed by atoms with van der Waals surface area (Å²) in [6.07, 6.45) is 0. The Bertz CT molecular complexity index is 926. The zero-order valence-electron chi connectivity index (χ0n) is 13.7. The van der Waals surface area contributed by atoms with Crippen LogP contribution >= 0.6 is 0 Å². The molecule has 2 rings (SSSR count). The van der Waals surface area contributed by atoms with Crippen LogP contribution in [0.4, 0.5) is 4.39 Å². The zero-order valence-corrected chi connectivity index (χ0v) is 13.7. The van der Waals surface area contributed by atoms with Gasteiger partial charge in [0.2, 0.25) is 0 Å². The summed E-state index contributed by atoms with van der Waals surface area (Å²) < 4.78 is 18.7. The van der Waals surface area contributed by atoms with Crippen LogP contribution in [0.25, 0.3) is 0 Å². The number of nitro groups is 1. The van der Waals surface area contributed by atoms with Crippen molar-refractivity contribution in [3.63, 3.8) is 0 Å². The summed E-state index contributed by atoms with van der Waals surface area (Å²) in [5.41, 5.74) is -0.580. The average molecular weight is 373 g/mol. The Balaban J connectivity index is 2.45. The second-order valence-electron chi connectivity index (χ2n) is 5.21. The largest absolute Gasteiger partial charge is 0.481 e. The number of aliphatic carboxylic acids is 1. The van der Waals surface area contributed by atoms with E-state index in [-0.39, 0.29) is 5.01 Å². The molecule has 1 N–H and O–H groups in total. The van der Waals surface area contributed by atoms with Gasteiger partial charge in [-0.1, -0.05) is 35.3 Å². The van der Waals surface area contributed by atoms with Crippen LogP contribution in [0.5, 0.6) is 5.75 Å². The van der Waals surface area contributed by atoms with Gasteiger partial charge < -0.3 is 9.84 Å². The van der Waals surface area contributed by atoms with Crippen molar-refractivity contribution >= 4 is 11.9 Å². The maximum absolute atomic E-state index is 13.8. The van der Waals surface area contributed by atoms with E-state index in [0.717, 1.165) is 6.07 Å². The number of ether oxygens (including phenoxy) is 1. The van der Waals surface area contributed by atoms with Gasteiger partial charge in [-0.2, -0.15) is 5.26 Å². The van der Waals surface area contributed by atoms with Crippen LogP contribution in [0.1, 0.15) is 21.5 Å². The number of halogens is 1. The van der Waals surface area contributed by atoms with Crippen LogP contribution in [0.2, 0.25) is 0 Å². The SMILES string of the molecule is N#Cc1cc(C(=O)N(Cc2ccccc2)[N+](=O)[O-])c(OCC(=O)O)cc1F. The van der Waals surface area contributed by atoms with E-state index in [0.29, 0.717) is 11.6 Å². The lowest BCUT2D eigenvalue weighted by Crippen LogP contribution is -2.36. The van der Waals surface area contributed by atoms with Gasteiger partial charge in [0.25, 0.3) is 0 Å². The number of benzene rings is 2. The summed E-state index contributed by atoms with van der Waals surface area (Å²) in [4.78, 5) is 34.7. The van der Waals surface area contributed by atoms with Crippen molar-refractivity contribution in [3.8, 4) is 11.8 Å². The summed E-state index contributed by atoms with van der Waals surface area (Å²) in [6, 6.07) is 11.0. The standard InChI is InChI=1S/C17H12FN3O6/c18-14-7-15(27-10-16(22)23)13(6-12(14)8-19)17(24)20(21(25)26)9-11-4-2-1-3-5-11/h1-7H,9-10H2,(H,22,23). The molecule has 0 spiro atoms. The molecule has 0 saturated heterocycles. The fourth-order valence-corrected chi connectivity index (χ4v) is 2.17. The summed E-state index contributed by atoms with van der Waals surface area (Å²) in [7, 11) is 0. The highest BCUT2D eigenvalue weighted by Crippen LogP contribution is 2.25. The summed E-state index contributed by atoms with van der Waals surface area (Å²) in [5.74, 6) is -4.14. The number of hydrazine groups is 1. The van der Waals surface area contributed by atoms with Crippen molar-refractivity contribution < 1.29 is 28.9 Å². The predicted molar refractivity (Wildman–Crippen MR) is 87.6 cm³/mol. The lowest BCUT2D eigenvalue weighted by molar-refractivity contribution is -0.635. The highest BCUT2D eigenvalue weighted by Gasteiger charge is 2.30. The molecule has 0 saturated carbocycles. The quantitative estimate of drug-likeness (QED) is 0.579. The zero-order chi connectivity index (χ0) is 20.0. The molecule has 0 fully saturated rings. The number of hydrogen-bond donors (Lipinski definition) is 1. The number of carboxylic acid groups (broad SMARTS) is 1. The van der Waals surface area contributed by atoms with Gasteiger partial charge in [0.1, 0.15) is 24.2 Å². The first kappa shape index (κ1) is 19.3. The Kier molecular flexibility index (Phi) is 6.01. The van der Waals surface area contributed by atoms with E-state index in [4.69, 9.17) is 15.1 Å². The molecule has 0 aliphatic carbocycles. The molecule has 0 aromatic heterocycles. The number of hydrogen-bond acceptors (Lipinski definition) is 6. The average Bonchev–Trinajstić information content (AvgIpc) is 2.64. The number of nitriles is 1. The minimum Gasteiger partial charge on any atom is -0.481 e. The molecule has 0 unspecified atom stereocenters. The van der Waals surface area contributed by atoms with Crippen molar-refractivity contribution in [2.45, 2.75) is 6.54 Å². The van der Waals surface area contributed by atoms with Crippen LogP contribution in [0.15, 0.2) is 42.5 Å². The highest BCUT2D eigenvalue weighted by molar-refractivity contribution is 5.96. The molecule has 0 aliphatic heterocycles. The van der Waals surface area contributed by atoms with Gasteiger partial charge in [-0.15, -0.1) is 0 Å². The molecule has 27 heavy (non-hydrogen) atoms. The van der Waals surface area contributed by atoms with Crippen LogP contribution < -0.4 is 4.74 Å². The number of carbonyl (C=O) groups is 2. The number of amides is 1. The second-order valence-corrected chi connectivity index (χ2v) is 5.21. The highest BCUT2D eigenvalue weighted by atomic mass is 19.1. The third-order valence-electron chi connectivity index (χ3n) is 3.38. The summed E-state index contributed by atoms with van der Waals surface area (Å²) in [6.45, 7) is -1.30. The van der Waals surface area contributed by atoms with Gasteiger partial charge in [0.15, 0.2) is 11.6 Å². The number of nitrogens with zero attached hydrogens (tertiary/aromatic N) is 3. The maximum atomic E-state index is 13.8. The normalized spacial score (nSPS) is 9.93. The Morgan fingerprint density at radius 1 is 1.30 bits per heavy atom. The molecule has 0 radical (unpaired) electrons. The Hall–Kier alpha value is -4.00. The monoisotopic (exact) mass is 373 g/mol. The third kappa shape index (κ3) is 4.76. The van der Waals surface area contributed by atoms with Crippen LogP contribution in [0, 0.1) is 27.3 Å². The molecular weight excluding hydrogens is 361 g/mol. The van der Waals surface area contributed by atoms with E-state index >= 15 is 0 Å². The first-order valence-electron chi connectivity index (χ1n) is 7.41.